The molecule has 0 saturated carbocycles. The Hall–Kier alpha value is -2.57. The first-order valence-corrected chi connectivity index (χ1v) is 17.5. The van der Waals surface area contributed by atoms with Gasteiger partial charge in [0.1, 0.15) is 5.78 Å². The maximum atomic E-state index is 13.2. The number of benzene rings is 3. The molecule has 3 aromatic rings. The van der Waals surface area contributed by atoms with Gasteiger partial charge >= 0.3 is 0 Å². The van der Waals surface area contributed by atoms with Crippen molar-refractivity contribution >= 4 is 24.5 Å². The second kappa shape index (κ2) is 15.8. The normalized spacial score (nSPS) is 15.9. The third kappa shape index (κ3) is 8.50. The van der Waals surface area contributed by atoms with E-state index in [1.54, 1.807) is 0 Å². The van der Waals surface area contributed by atoms with Gasteiger partial charge in [0.05, 0.1) is 19.3 Å². The molecule has 0 aliphatic rings. The summed E-state index contributed by atoms with van der Waals surface area (Å²) in [5, 5.41) is 13.7. The van der Waals surface area contributed by atoms with Crippen LogP contribution in [0.4, 0.5) is 0 Å². The molecule has 5 atom stereocenters. The highest BCUT2D eigenvalue weighted by molar-refractivity contribution is 6.99. The lowest BCUT2D eigenvalue weighted by Gasteiger charge is -2.44. The third-order valence-corrected chi connectivity index (χ3v) is 13.7. The van der Waals surface area contributed by atoms with Crippen LogP contribution in [0.2, 0.25) is 5.04 Å². The Morgan fingerprint density at radius 3 is 1.79 bits per heavy atom. The van der Waals surface area contributed by atoms with Gasteiger partial charge in [0.15, 0.2) is 0 Å². The van der Waals surface area contributed by atoms with Gasteiger partial charge in [-0.3, -0.25) is 4.79 Å². The Labute approximate surface area is 255 Å². The number of rotatable bonds is 16. The van der Waals surface area contributed by atoms with E-state index in [4.69, 9.17) is 9.16 Å². The van der Waals surface area contributed by atoms with Crippen LogP contribution in [-0.2, 0) is 20.6 Å². The van der Waals surface area contributed by atoms with Crippen molar-refractivity contribution < 1.29 is 19.1 Å². The van der Waals surface area contributed by atoms with E-state index in [0.717, 1.165) is 18.4 Å². The molecule has 42 heavy (non-hydrogen) atoms. The first-order chi connectivity index (χ1) is 20.0. The van der Waals surface area contributed by atoms with E-state index in [2.05, 4.69) is 95.3 Å². The molecule has 0 aromatic heterocycles. The van der Waals surface area contributed by atoms with Crippen molar-refractivity contribution in [1.82, 2.24) is 0 Å². The van der Waals surface area contributed by atoms with Crippen molar-refractivity contribution in [2.45, 2.75) is 79.1 Å². The lowest BCUT2D eigenvalue weighted by Crippen LogP contribution is -2.66. The molecule has 3 aromatic carbocycles. The van der Waals surface area contributed by atoms with Gasteiger partial charge in [-0.1, -0.05) is 146 Å². The number of ether oxygens (including phenoxy) is 1. The summed E-state index contributed by atoms with van der Waals surface area (Å²) in [7, 11) is -2.63. The smallest absolute Gasteiger partial charge is 0.261 e. The van der Waals surface area contributed by atoms with Crippen molar-refractivity contribution in [2.24, 2.45) is 23.7 Å². The monoisotopic (exact) mass is 588 g/mol. The van der Waals surface area contributed by atoms with Crippen molar-refractivity contribution in [3.63, 3.8) is 0 Å². The van der Waals surface area contributed by atoms with Crippen LogP contribution in [-0.4, -0.2) is 38.5 Å². The van der Waals surface area contributed by atoms with Crippen LogP contribution in [0.1, 0.15) is 66.9 Å². The Bertz CT molecular complexity index is 1150. The Morgan fingerprint density at radius 2 is 1.31 bits per heavy atom. The number of aliphatic hydroxyl groups excluding tert-OH is 1. The molecule has 0 saturated heterocycles. The maximum absolute atomic E-state index is 13.2. The summed E-state index contributed by atoms with van der Waals surface area (Å²) in [6, 6.07) is 31.4. The van der Waals surface area contributed by atoms with Gasteiger partial charge in [-0.2, -0.15) is 0 Å². The number of Topliss-reactive ketones (excluding diaryl/α,β-unsaturated/α-hetero) is 1. The summed E-state index contributed by atoms with van der Waals surface area (Å²) < 4.78 is 13.0. The molecule has 0 unspecified atom stereocenters. The molecule has 1 N–H and O–H groups in total. The van der Waals surface area contributed by atoms with Gasteiger partial charge in [0.2, 0.25) is 0 Å². The molecule has 228 valence electrons. The molecule has 0 aliphatic carbocycles. The van der Waals surface area contributed by atoms with Crippen molar-refractivity contribution in [2.75, 3.05) is 13.2 Å². The quantitative estimate of drug-likeness (QED) is 0.183. The van der Waals surface area contributed by atoms with Crippen molar-refractivity contribution in [3.8, 4) is 0 Å². The van der Waals surface area contributed by atoms with E-state index < -0.39 is 20.3 Å². The second-order valence-electron chi connectivity index (χ2n) is 13.0. The number of carbonyl (C=O) groups is 1. The van der Waals surface area contributed by atoms with Crippen LogP contribution in [0.25, 0.3) is 0 Å². The number of carbonyl (C=O) groups excluding carboxylic acids is 1. The van der Waals surface area contributed by atoms with Gasteiger partial charge in [-0.05, 0) is 39.2 Å². The van der Waals surface area contributed by atoms with E-state index >= 15 is 0 Å². The van der Waals surface area contributed by atoms with E-state index in [1.807, 2.05) is 44.2 Å². The van der Waals surface area contributed by atoms with Crippen molar-refractivity contribution in [1.29, 1.82) is 0 Å². The highest BCUT2D eigenvalue weighted by atomic mass is 28.4. The number of hydrogen-bond acceptors (Lipinski definition) is 4. The van der Waals surface area contributed by atoms with E-state index in [1.165, 1.54) is 10.4 Å². The van der Waals surface area contributed by atoms with Crippen LogP contribution in [0.3, 0.4) is 0 Å². The predicted molar refractivity (Wildman–Crippen MR) is 177 cm³/mol. The summed E-state index contributed by atoms with van der Waals surface area (Å²) in [5.41, 5.74) is 1.09. The van der Waals surface area contributed by atoms with Crippen LogP contribution in [0, 0.1) is 23.7 Å². The first-order valence-electron chi connectivity index (χ1n) is 15.6. The second-order valence-corrected chi connectivity index (χ2v) is 17.4. The summed E-state index contributed by atoms with van der Waals surface area (Å²) in [4.78, 5) is 13.2. The molecular weight excluding hydrogens is 536 g/mol. The zero-order valence-electron chi connectivity index (χ0n) is 26.8. The predicted octanol–water partition coefficient (Wildman–Crippen LogP) is 7.03. The molecule has 0 spiro atoms. The molecule has 0 radical (unpaired) electrons. The molecule has 3 rings (SSSR count). The van der Waals surface area contributed by atoms with Crippen LogP contribution < -0.4 is 10.4 Å². The Morgan fingerprint density at radius 1 is 0.810 bits per heavy atom. The Kier molecular flexibility index (Phi) is 12.7. The molecule has 0 heterocycles. The fourth-order valence-electron chi connectivity index (χ4n) is 6.14. The molecule has 5 heteroatoms. The van der Waals surface area contributed by atoms with E-state index in [0.29, 0.717) is 19.8 Å². The molecule has 4 nitrogen and oxygen atoms in total. The zero-order valence-corrected chi connectivity index (χ0v) is 27.8. The molecule has 0 fully saturated rings. The average molecular weight is 589 g/mol. The summed E-state index contributed by atoms with van der Waals surface area (Å²) in [6.07, 6.45) is 1.03. The number of hydrogen-bond donors (Lipinski definition) is 1. The van der Waals surface area contributed by atoms with Gasteiger partial charge in [0, 0.05) is 18.4 Å². The molecule has 0 aliphatic heterocycles. The highest BCUT2D eigenvalue weighted by Crippen LogP contribution is 2.37. The number of ketones is 1. The van der Waals surface area contributed by atoms with Crippen LogP contribution >= 0.6 is 0 Å². The summed E-state index contributed by atoms with van der Waals surface area (Å²) >= 11 is 0. The van der Waals surface area contributed by atoms with Gasteiger partial charge < -0.3 is 14.3 Å². The minimum Gasteiger partial charge on any atom is -0.407 e. The standard InChI is InChI=1S/C37H52O4Si/c1-8-31(24-28(2)35(38)30(4)36(39)29(3)25-40-26-32-18-12-9-13-19-32)27-41-42(37(5,6)7,33-20-14-10-15-21-33)34-22-16-11-17-23-34/h9-23,28-31,35,38H,8,24-27H2,1-7H3/t28-,29-,30+,31-,35-/m0/s1. The SMILES string of the molecule is CC[C@H](CO[Si](c1ccccc1)(c1ccccc1)C(C)(C)C)C[C@H](C)[C@H](O)[C@@H](C)C(=O)[C@@H](C)COCc1ccccc1. The molecule has 0 bridgehead atoms. The first kappa shape index (κ1) is 33.9. The molecular formula is C37H52O4Si. The minimum absolute atomic E-state index is 0.0332. The zero-order chi connectivity index (χ0) is 30.8. The van der Waals surface area contributed by atoms with Crippen molar-refractivity contribution in [3.05, 3.63) is 96.6 Å². The van der Waals surface area contributed by atoms with Gasteiger partial charge in [-0.15, -0.1) is 0 Å². The lowest BCUT2D eigenvalue weighted by atomic mass is 9.81. The average Bonchev–Trinajstić information content (AvgIpc) is 3.00. The van der Waals surface area contributed by atoms with E-state index in [-0.39, 0.29) is 28.6 Å². The van der Waals surface area contributed by atoms with Crippen LogP contribution in [0.15, 0.2) is 91.0 Å². The van der Waals surface area contributed by atoms with Gasteiger partial charge in [0.25, 0.3) is 8.32 Å². The summed E-state index contributed by atoms with van der Waals surface area (Å²) in [5.74, 6) is -0.435. The largest absolute Gasteiger partial charge is 0.407 e. The highest BCUT2D eigenvalue weighted by Gasteiger charge is 2.50. The fourth-order valence-corrected chi connectivity index (χ4v) is 10.8. The van der Waals surface area contributed by atoms with Crippen LogP contribution in [0.5, 0.6) is 0 Å². The molecule has 0 amide bonds. The lowest BCUT2D eigenvalue weighted by molar-refractivity contribution is -0.132. The topological polar surface area (TPSA) is 55.8 Å². The van der Waals surface area contributed by atoms with E-state index in [9.17, 15) is 9.90 Å². The van der Waals surface area contributed by atoms with Gasteiger partial charge in [-0.25, -0.2) is 0 Å². The summed E-state index contributed by atoms with van der Waals surface area (Å²) in [6.45, 7) is 16.4. The maximum Gasteiger partial charge on any atom is 0.261 e. The third-order valence-electron chi connectivity index (χ3n) is 8.74. The fraction of sp³-hybridized carbons (Fsp3) is 0.486. The number of aliphatic hydroxyl groups is 1. The Balaban J connectivity index is 1.66. The minimum atomic E-state index is -2.63.